The summed E-state index contributed by atoms with van der Waals surface area (Å²) in [7, 11) is 0. The van der Waals surface area contributed by atoms with Gasteiger partial charge in [-0.05, 0) is 23.4 Å². The minimum Gasteiger partial charge on any atom is -0.289 e. The highest BCUT2D eigenvalue weighted by atomic mass is 16.1. The average Bonchev–Trinajstić information content (AvgIpc) is 2.44. The van der Waals surface area contributed by atoms with E-state index in [2.05, 4.69) is 37.3 Å². The minimum absolute atomic E-state index is 0.138. The van der Waals surface area contributed by atoms with Crippen molar-refractivity contribution in [3.63, 3.8) is 0 Å². The molecule has 3 aromatic carbocycles. The van der Waals surface area contributed by atoms with Gasteiger partial charge >= 0.3 is 0 Å². The Morgan fingerprint density at radius 3 is 2.26 bits per heavy atom. The van der Waals surface area contributed by atoms with Gasteiger partial charge in [0.05, 0.1) is 0 Å². The lowest BCUT2D eigenvalue weighted by molar-refractivity contribution is 0.104. The number of aryl methyl sites for hydroxylation is 1. The molecule has 19 heavy (non-hydrogen) atoms. The molecular formula is C18H12O. The number of hydrogen-bond acceptors (Lipinski definition) is 1. The smallest absolute Gasteiger partial charge is 0.194 e. The van der Waals surface area contributed by atoms with Gasteiger partial charge in [0.25, 0.3) is 0 Å². The van der Waals surface area contributed by atoms with E-state index in [1.807, 2.05) is 24.3 Å². The van der Waals surface area contributed by atoms with Gasteiger partial charge in [0, 0.05) is 16.5 Å². The summed E-state index contributed by atoms with van der Waals surface area (Å²) >= 11 is 0. The zero-order valence-corrected chi connectivity index (χ0v) is 10.6. The van der Waals surface area contributed by atoms with Crippen LogP contribution in [0.4, 0.5) is 0 Å². The van der Waals surface area contributed by atoms with Gasteiger partial charge in [-0.25, -0.2) is 0 Å². The highest BCUT2D eigenvalue weighted by Gasteiger charge is 2.24. The molecule has 1 heteroatoms. The maximum absolute atomic E-state index is 12.6. The van der Waals surface area contributed by atoms with Crippen molar-refractivity contribution >= 4 is 16.6 Å². The molecule has 0 aliphatic heterocycles. The fraction of sp³-hybridized carbons (Fsp3) is 0.0556. The monoisotopic (exact) mass is 244 g/mol. The summed E-state index contributed by atoms with van der Waals surface area (Å²) in [6, 6.07) is 18.2. The second-order valence-electron chi connectivity index (χ2n) is 5.09. The van der Waals surface area contributed by atoms with E-state index in [0.29, 0.717) is 0 Å². The Morgan fingerprint density at radius 1 is 0.737 bits per heavy atom. The highest BCUT2D eigenvalue weighted by molar-refractivity contribution is 6.25. The van der Waals surface area contributed by atoms with Crippen molar-refractivity contribution in [2.45, 2.75) is 6.92 Å². The average molecular weight is 244 g/mol. The van der Waals surface area contributed by atoms with Gasteiger partial charge in [-0.3, -0.25) is 4.79 Å². The summed E-state index contributed by atoms with van der Waals surface area (Å²) < 4.78 is 0. The third-order valence-electron chi connectivity index (χ3n) is 3.86. The normalized spacial score (nSPS) is 12.6. The number of carbonyl (C=O) groups excluding carboxylic acids is 1. The van der Waals surface area contributed by atoms with Crippen molar-refractivity contribution in [2.75, 3.05) is 0 Å². The van der Waals surface area contributed by atoms with Crippen LogP contribution >= 0.6 is 0 Å². The molecule has 0 atom stereocenters. The van der Waals surface area contributed by atoms with Crippen LogP contribution in [0.2, 0.25) is 0 Å². The lowest BCUT2D eigenvalue weighted by Gasteiger charge is -2.20. The molecule has 0 unspecified atom stereocenters. The Labute approximate surface area is 111 Å². The Hall–Kier alpha value is -2.41. The molecular weight excluding hydrogens is 232 g/mol. The van der Waals surface area contributed by atoms with Crippen LogP contribution in [0.1, 0.15) is 21.5 Å². The van der Waals surface area contributed by atoms with Crippen LogP contribution in [0.25, 0.3) is 21.9 Å². The molecule has 4 rings (SSSR count). The first-order valence-corrected chi connectivity index (χ1v) is 6.43. The van der Waals surface area contributed by atoms with Crippen LogP contribution in [0.15, 0.2) is 54.6 Å². The van der Waals surface area contributed by atoms with Crippen LogP contribution in [-0.2, 0) is 0 Å². The maximum atomic E-state index is 12.6. The largest absolute Gasteiger partial charge is 0.289 e. The first-order valence-electron chi connectivity index (χ1n) is 6.43. The number of ketones is 1. The molecule has 0 radical (unpaired) electrons. The first-order chi connectivity index (χ1) is 9.25. The van der Waals surface area contributed by atoms with E-state index in [9.17, 15) is 4.79 Å². The SMILES string of the molecule is Cc1ccc2c(c1)-c1cccc3cccc(c13)C2=O. The lowest BCUT2D eigenvalue weighted by atomic mass is 9.82. The van der Waals surface area contributed by atoms with Crippen LogP contribution < -0.4 is 0 Å². The predicted molar refractivity (Wildman–Crippen MR) is 77.6 cm³/mol. The Morgan fingerprint density at radius 2 is 1.47 bits per heavy atom. The van der Waals surface area contributed by atoms with E-state index in [1.54, 1.807) is 0 Å². The number of benzene rings is 3. The standard InChI is InChI=1S/C18H12O/c1-11-8-9-14-16(10-11)13-6-2-4-12-5-3-7-15(17(12)13)18(14)19/h2-10H,1H3. The van der Waals surface area contributed by atoms with E-state index in [4.69, 9.17) is 0 Å². The van der Waals surface area contributed by atoms with Crippen LogP contribution in [0, 0.1) is 6.92 Å². The first kappa shape index (κ1) is 10.5. The Balaban J connectivity index is 2.25. The fourth-order valence-corrected chi connectivity index (χ4v) is 2.98. The van der Waals surface area contributed by atoms with Crippen molar-refractivity contribution in [2.24, 2.45) is 0 Å². The van der Waals surface area contributed by atoms with Crippen molar-refractivity contribution < 1.29 is 4.79 Å². The Bertz CT molecular complexity index is 838. The number of fused-ring (bicyclic) bond motifs is 2. The second-order valence-corrected chi connectivity index (χ2v) is 5.09. The van der Waals surface area contributed by atoms with Crippen molar-refractivity contribution in [3.8, 4) is 11.1 Å². The summed E-state index contributed by atoms with van der Waals surface area (Å²) in [6.07, 6.45) is 0. The zero-order chi connectivity index (χ0) is 13.0. The van der Waals surface area contributed by atoms with Crippen molar-refractivity contribution in [1.82, 2.24) is 0 Å². The van der Waals surface area contributed by atoms with Gasteiger partial charge in [0.15, 0.2) is 5.78 Å². The molecule has 1 aliphatic carbocycles. The van der Waals surface area contributed by atoms with Crippen molar-refractivity contribution in [3.05, 3.63) is 71.3 Å². The van der Waals surface area contributed by atoms with Gasteiger partial charge < -0.3 is 0 Å². The summed E-state index contributed by atoms with van der Waals surface area (Å²) in [5.74, 6) is 0.138. The third-order valence-corrected chi connectivity index (χ3v) is 3.86. The molecule has 0 saturated carbocycles. The van der Waals surface area contributed by atoms with Crippen molar-refractivity contribution in [1.29, 1.82) is 0 Å². The van der Waals surface area contributed by atoms with E-state index in [1.165, 1.54) is 11.1 Å². The van der Waals surface area contributed by atoms with Gasteiger partial charge in [-0.1, -0.05) is 60.2 Å². The molecule has 1 nitrogen and oxygen atoms in total. The molecule has 0 amide bonds. The molecule has 0 aromatic heterocycles. The molecule has 3 aromatic rings. The molecule has 0 N–H and O–H groups in total. The maximum Gasteiger partial charge on any atom is 0.194 e. The Kier molecular flexibility index (Phi) is 1.96. The molecule has 1 aliphatic rings. The minimum atomic E-state index is 0.138. The molecule has 0 saturated heterocycles. The number of hydrogen-bond donors (Lipinski definition) is 0. The van der Waals surface area contributed by atoms with Crippen LogP contribution in [0.3, 0.4) is 0 Å². The number of rotatable bonds is 0. The van der Waals surface area contributed by atoms with Gasteiger partial charge in [-0.2, -0.15) is 0 Å². The molecule has 0 spiro atoms. The van der Waals surface area contributed by atoms with E-state index < -0.39 is 0 Å². The quantitative estimate of drug-likeness (QED) is 0.449. The van der Waals surface area contributed by atoms with Gasteiger partial charge in [-0.15, -0.1) is 0 Å². The zero-order valence-electron chi connectivity index (χ0n) is 10.6. The highest BCUT2D eigenvalue weighted by Crippen LogP contribution is 2.39. The van der Waals surface area contributed by atoms with E-state index in [-0.39, 0.29) is 5.78 Å². The van der Waals surface area contributed by atoms with Gasteiger partial charge in [0.1, 0.15) is 0 Å². The topological polar surface area (TPSA) is 17.1 Å². The summed E-state index contributed by atoms with van der Waals surface area (Å²) in [5.41, 5.74) is 5.06. The molecule has 0 bridgehead atoms. The summed E-state index contributed by atoms with van der Waals surface area (Å²) in [4.78, 5) is 12.6. The molecule has 0 fully saturated rings. The van der Waals surface area contributed by atoms with E-state index in [0.717, 1.165) is 27.5 Å². The predicted octanol–water partition coefficient (Wildman–Crippen LogP) is 4.36. The molecule has 90 valence electrons. The lowest BCUT2D eigenvalue weighted by Crippen LogP contribution is -2.09. The summed E-state index contributed by atoms with van der Waals surface area (Å²) in [6.45, 7) is 2.06. The van der Waals surface area contributed by atoms with E-state index >= 15 is 0 Å². The second kappa shape index (κ2) is 3.55. The van der Waals surface area contributed by atoms with Gasteiger partial charge in [0.2, 0.25) is 0 Å². The third kappa shape index (κ3) is 1.33. The number of carbonyl (C=O) groups is 1. The van der Waals surface area contributed by atoms with Crippen LogP contribution in [0.5, 0.6) is 0 Å². The van der Waals surface area contributed by atoms with Crippen LogP contribution in [-0.4, -0.2) is 5.78 Å². The fourth-order valence-electron chi connectivity index (χ4n) is 2.98. The molecule has 0 heterocycles. The summed E-state index contributed by atoms with van der Waals surface area (Å²) in [5, 5.41) is 2.23.